The van der Waals surface area contributed by atoms with Gasteiger partial charge < -0.3 is 15.0 Å². The molecule has 158 valence electrons. The van der Waals surface area contributed by atoms with E-state index in [4.69, 9.17) is 4.74 Å². The largest absolute Gasteiger partial charge is 0.379 e. The zero-order chi connectivity index (χ0) is 20.5. The van der Waals surface area contributed by atoms with Crippen LogP contribution in [0.25, 0.3) is 0 Å². The molecular formula is C19H34N6O3. The maximum atomic E-state index is 11.8. The van der Waals surface area contributed by atoms with Crippen LogP contribution < -0.4 is 10.2 Å². The van der Waals surface area contributed by atoms with Crippen molar-refractivity contribution < 1.29 is 9.66 Å². The van der Waals surface area contributed by atoms with Gasteiger partial charge in [0.25, 0.3) is 0 Å². The summed E-state index contributed by atoms with van der Waals surface area (Å²) in [5.41, 5.74) is -0.0322. The quantitative estimate of drug-likeness (QED) is 0.348. The molecule has 1 fully saturated rings. The highest BCUT2D eigenvalue weighted by molar-refractivity contribution is 5.70. The molecule has 0 unspecified atom stereocenters. The molecule has 1 aromatic rings. The van der Waals surface area contributed by atoms with Gasteiger partial charge in [-0.25, -0.2) is 9.97 Å². The smallest absolute Gasteiger partial charge is 0.353 e. The maximum Gasteiger partial charge on any atom is 0.353 e. The summed E-state index contributed by atoms with van der Waals surface area (Å²) in [6.07, 6.45) is 2.30. The van der Waals surface area contributed by atoms with Gasteiger partial charge >= 0.3 is 5.69 Å². The van der Waals surface area contributed by atoms with Crippen molar-refractivity contribution >= 4 is 17.3 Å². The van der Waals surface area contributed by atoms with E-state index in [1.165, 1.54) is 6.33 Å². The molecule has 1 saturated heterocycles. The molecule has 0 atom stereocenters. The molecule has 9 heteroatoms. The molecule has 0 aromatic carbocycles. The first-order valence-electron chi connectivity index (χ1n) is 10.2. The van der Waals surface area contributed by atoms with Gasteiger partial charge in [0.1, 0.15) is 6.33 Å². The highest BCUT2D eigenvalue weighted by Crippen LogP contribution is 2.32. The van der Waals surface area contributed by atoms with Crippen molar-refractivity contribution in [2.75, 3.05) is 62.7 Å². The standard InChI is InChI=1S/C19H34N6O3/c1-15(2)12-24(13-16(3)4)19-17(25(26)27)18(21-14-22-19)20-6-5-7-23-8-10-28-11-9-23/h14-16H,5-13H2,1-4H3,(H,20,21,22). The number of nitrogens with one attached hydrogen (secondary N) is 1. The molecule has 1 aromatic heterocycles. The Balaban J connectivity index is 2.08. The first-order chi connectivity index (χ1) is 13.4. The Morgan fingerprint density at radius 1 is 1.21 bits per heavy atom. The molecule has 0 radical (unpaired) electrons. The van der Waals surface area contributed by atoms with Gasteiger partial charge in [0, 0.05) is 32.7 Å². The van der Waals surface area contributed by atoms with E-state index < -0.39 is 0 Å². The van der Waals surface area contributed by atoms with Gasteiger partial charge in [-0.2, -0.15) is 0 Å². The molecule has 2 heterocycles. The summed E-state index contributed by atoms with van der Waals surface area (Å²) < 4.78 is 5.35. The van der Waals surface area contributed by atoms with Crippen LogP contribution in [0.3, 0.4) is 0 Å². The van der Waals surface area contributed by atoms with E-state index in [1.54, 1.807) is 0 Å². The second kappa shape index (κ2) is 11.1. The van der Waals surface area contributed by atoms with Gasteiger partial charge in [0.15, 0.2) is 0 Å². The summed E-state index contributed by atoms with van der Waals surface area (Å²) in [4.78, 5) is 24.3. The van der Waals surface area contributed by atoms with Crippen LogP contribution in [0.5, 0.6) is 0 Å². The van der Waals surface area contributed by atoms with Crippen LogP contribution in [0.2, 0.25) is 0 Å². The first kappa shape index (κ1) is 22.3. The Hall–Kier alpha value is -2.00. The number of nitro groups is 1. The van der Waals surface area contributed by atoms with E-state index in [0.29, 0.717) is 43.1 Å². The van der Waals surface area contributed by atoms with Crippen LogP contribution >= 0.6 is 0 Å². The zero-order valence-electron chi connectivity index (χ0n) is 17.6. The van der Waals surface area contributed by atoms with Crippen LogP contribution in [-0.4, -0.2) is 72.3 Å². The van der Waals surface area contributed by atoms with Crippen molar-refractivity contribution in [3.63, 3.8) is 0 Å². The van der Waals surface area contributed by atoms with Crippen LogP contribution in [-0.2, 0) is 4.74 Å². The summed E-state index contributed by atoms with van der Waals surface area (Å²) >= 11 is 0. The third kappa shape index (κ3) is 6.87. The Labute approximate surface area is 167 Å². The summed E-state index contributed by atoms with van der Waals surface area (Å²) in [6, 6.07) is 0. The minimum Gasteiger partial charge on any atom is -0.379 e. The fourth-order valence-corrected chi connectivity index (χ4v) is 3.36. The van der Waals surface area contributed by atoms with Gasteiger partial charge in [0.2, 0.25) is 11.6 Å². The minimum atomic E-state index is -0.368. The molecule has 0 aliphatic carbocycles. The number of nitrogens with zero attached hydrogens (tertiary/aromatic N) is 5. The molecule has 2 rings (SSSR count). The van der Waals surface area contributed by atoms with E-state index in [2.05, 4.69) is 47.9 Å². The molecule has 9 nitrogen and oxygen atoms in total. The van der Waals surface area contributed by atoms with Gasteiger partial charge in [-0.15, -0.1) is 0 Å². The second-order valence-corrected chi connectivity index (χ2v) is 8.08. The number of hydrogen-bond donors (Lipinski definition) is 1. The van der Waals surface area contributed by atoms with Crippen LogP contribution in [0.4, 0.5) is 17.3 Å². The fourth-order valence-electron chi connectivity index (χ4n) is 3.36. The highest BCUT2D eigenvalue weighted by Gasteiger charge is 2.27. The fraction of sp³-hybridized carbons (Fsp3) is 0.789. The normalized spacial score (nSPS) is 15.2. The van der Waals surface area contributed by atoms with Crippen molar-refractivity contribution in [1.29, 1.82) is 0 Å². The van der Waals surface area contributed by atoms with Crippen LogP contribution in [0.15, 0.2) is 6.33 Å². The predicted octanol–water partition coefficient (Wildman–Crippen LogP) is 2.64. The van der Waals surface area contributed by atoms with Gasteiger partial charge in [-0.3, -0.25) is 15.0 Å². The molecule has 0 bridgehead atoms. The Morgan fingerprint density at radius 2 is 1.86 bits per heavy atom. The van der Waals surface area contributed by atoms with E-state index in [9.17, 15) is 10.1 Å². The minimum absolute atomic E-state index is 0.0322. The van der Waals surface area contributed by atoms with Crippen molar-refractivity contribution in [3.05, 3.63) is 16.4 Å². The lowest BCUT2D eigenvalue weighted by atomic mass is 10.1. The second-order valence-electron chi connectivity index (χ2n) is 8.08. The number of anilines is 2. The molecule has 1 aliphatic rings. The Bertz CT molecular complexity index is 610. The molecule has 1 N–H and O–H groups in total. The third-order valence-corrected chi connectivity index (χ3v) is 4.50. The van der Waals surface area contributed by atoms with Crippen LogP contribution in [0.1, 0.15) is 34.1 Å². The SMILES string of the molecule is CC(C)CN(CC(C)C)c1ncnc(NCCCN2CCOCC2)c1[N+](=O)[O-]. The maximum absolute atomic E-state index is 11.8. The molecule has 0 saturated carbocycles. The lowest BCUT2D eigenvalue weighted by Gasteiger charge is -2.27. The first-order valence-corrected chi connectivity index (χ1v) is 10.2. The van der Waals surface area contributed by atoms with Crippen molar-refractivity contribution in [2.45, 2.75) is 34.1 Å². The average Bonchev–Trinajstić information content (AvgIpc) is 2.64. The van der Waals surface area contributed by atoms with Crippen LogP contribution in [0, 0.1) is 22.0 Å². The number of hydrogen-bond acceptors (Lipinski definition) is 8. The lowest BCUT2D eigenvalue weighted by molar-refractivity contribution is -0.383. The number of morpholine rings is 1. The van der Waals surface area contributed by atoms with E-state index in [-0.39, 0.29) is 10.6 Å². The van der Waals surface area contributed by atoms with Gasteiger partial charge in [-0.05, 0) is 24.8 Å². The molecule has 1 aliphatic heterocycles. The third-order valence-electron chi connectivity index (χ3n) is 4.50. The molecule has 0 amide bonds. The highest BCUT2D eigenvalue weighted by atomic mass is 16.6. The summed E-state index contributed by atoms with van der Waals surface area (Å²) in [6.45, 7) is 14.8. The lowest BCUT2D eigenvalue weighted by Crippen LogP contribution is -2.37. The number of ether oxygens (including phenoxy) is 1. The monoisotopic (exact) mass is 394 g/mol. The van der Waals surface area contributed by atoms with E-state index in [1.807, 2.05) is 4.90 Å². The molecular weight excluding hydrogens is 360 g/mol. The molecule has 0 spiro atoms. The van der Waals surface area contributed by atoms with Crippen molar-refractivity contribution in [2.24, 2.45) is 11.8 Å². The average molecular weight is 395 g/mol. The van der Waals surface area contributed by atoms with Crippen molar-refractivity contribution in [3.8, 4) is 0 Å². The zero-order valence-corrected chi connectivity index (χ0v) is 17.6. The van der Waals surface area contributed by atoms with Gasteiger partial charge in [-0.1, -0.05) is 27.7 Å². The van der Waals surface area contributed by atoms with E-state index >= 15 is 0 Å². The summed E-state index contributed by atoms with van der Waals surface area (Å²) in [5, 5.41) is 15.0. The number of aromatic nitrogens is 2. The van der Waals surface area contributed by atoms with E-state index in [0.717, 1.165) is 39.3 Å². The predicted molar refractivity (Wildman–Crippen MR) is 111 cm³/mol. The number of rotatable bonds is 11. The molecule has 28 heavy (non-hydrogen) atoms. The summed E-state index contributed by atoms with van der Waals surface area (Å²) in [5.74, 6) is 1.45. The topological polar surface area (TPSA) is 96.7 Å². The Kier molecular flexibility index (Phi) is 8.85. The Morgan fingerprint density at radius 3 is 2.43 bits per heavy atom. The van der Waals surface area contributed by atoms with Crippen molar-refractivity contribution in [1.82, 2.24) is 14.9 Å². The van der Waals surface area contributed by atoms with Gasteiger partial charge in [0.05, 0.1) is 18.1 Å². The summed E-state index contributed by atoms with van der Waals surface area (Å²) in [7, 11) is 0.